The van der Waals surface area contributed by atoms with Crippen LogP contribution in [-0.2, 0) is 6.42 Å². The second-order valence-corrected chi connectivity index (χ2v) is 4.88. The van der Waals surface area contributed by atoms with Gasteiger partial charge in [0, 0.05) is 11.6 Å². The van der Waals surface area contributed by atoms with Crippen molar-refractivity contribution in [3.63, 3.8) is 0 Å². The van der Waals surface area contributed by atoms with Crippen molar-refractivity contribution in [3.8, 4) is 17.2 Å². The number of methoxy groups -OCH3 is 1. The van der Waals surface area contributed by atoms with Gasteiger partial charge in [-0.25, -0.2) is 0 Å². The summed E-state index contributed by atoms with van der Waals surface area (Å²) >= 11 is 0. The molecule has 17 heavy (non-hydrogen) atoms. The molecule has 1 fully saturated rings. The van der Waals surface area contributed by atoms with Gasteiger partial charge in [0.05, 0.1) is 7.11 Å². The molecule has 1 aliphatic carbocycles. The summed E-state index contributed by atoms with van der Waals surface area (Å²) in [5.74, 6) is 2.43. The monoisotopic (exact) mass is 235 g/mol. The Bertz CT molecular complexity index is 441. The Morgan fingerprint density at radius 3 is 2.65 bits per heavy atom. The summed E-state index contributed by atoms with van der Waals surface area (Å²) in [5.41, 5.74) is 7.32. The van der Waals surface area contributed by atoms with E-state index in [1.54, 1.807) is 7.11 Å². The molecule has 1 heterocycles. The van der Waals surface area contributed by atoms with Gasteiger partial charge < -0.3 is 19.9 Å². The number of aryl methyl sites for hydroxylation is 1. The molecule has 2 N–H and O–H groups in total. The molecule has 0 spiro atoms. The first-order chi connectivity index (χ1) is 8.20. The summed E-state index contributed by atoms with van der Waals surface area (Å²) in [6.45, 7) is 0.294. The van der Waals surface area contributed by atoms with E-state index in [0.29, 0.717) is 6.79 Å². The van der Waals surface area contributed by atoms with Gasteiger partial charge in [-0.3, -0.25) is 0 Å². The van der Waals surface area contributed by atoms with E-state index in [9.17, 15) is 0 Å². The minimum absolute atomic E-state index is 0.0708. The second kappa shape index (κ2) is 3.81. The molecule has 3 rings (SSSR count). The molecule has 0 aromatic heterocycles. The zero-order valence-electron chi connectivity index (χ0n) is 9.99. The van der Waals surface area contributed by atoms with E-state index in [4.69, 9.17) is 19.9 Å². The van der Waals surface area contributed by atoms with Gasteiger partial charge in [0.25, 0.3) is 0 Å². The lowest BCUT2D eigenvalue weighted by Crippen LogP contribution is -2.22. The summed E-state index contributed by atoms with van der Waals surface area (Å²) in [6, 6.07) is 3.90. The first-order valence-electron chi connectivity index (χ1n) is 5.96. The van der Waals surface area contributed by atoms with E-state index in [0.717, 1.165) is 48.5 Å². The predicted molar refractivity (Wildman–Crippen MR) is 63.6 cm³/mol. The molecule has 0 amide bonds. The molecule has 4 heteroatoms. The number of ether oxygens (including phenoxy) is 3. The molecule has 0 atom stereocenters. The van der Waals surface area contributed by atoms with Gasteiger partial charge in [-0.15, -0.1) is 0 Å². The third-order valence-corrected chi connectivity index (χ3v) is 3.56. The van der Waals surface area contributed by atoms with Crippen molar-refractivity contribution in [2.45, 2.75) is 31.2 Å². The van der Waals surface area contributed by atoms with Crippen LogP contribution >= 0.6 is 0 Å². The van der Waals surface area contributed by atoms with Crippen molar-refractivity contribution in [2.75, 3.05) is 13.9 Å². The Hall–Kier alpha value is -1.42. The van der Waals surface area contributed by atoms with Crippen molar-refractivity contribution in [3.05, 3.63) is 17.7 Å². The molecule has 1 saturated carbocycles. The van der Waals surface area contributed by atoms with E-state index in [-0.39, 0.29) is 5.54 Å². The fourth-order valence-electron chi connectivity index (χ4n) is 2.14. The van der Waals surface area contributed by atoms with Crippen LogP contribution in [0.2, 0.25) is 0 Å². The van der Waals surface area contributed by atoms with Crippen LogP contribution in [0.3, 0.4) is 0 Å². The van der Waals surface area contributed by atoms with Crippen LogP contribution < -0.4 is 19.9 Å². The van der Waals surface area contributed by atoms with Crippen LogP contribution in [0.5, 0.6) is 17.2 Å². The SMILES string of the molecule is COc1cc2c(cc1CCC1(N)CC1)OCO2. The third kappa shape index (κ3) is 2.05. The molecule has 0 saturated heterocycles. The molecule has 1 aromatic rings. The molecular formula is C13H17NO3. The number of benzene rings is 1. The van der Waals surface area contributed by atoms with Crippen LogP contribution in [-0.4, -0.2) is 19.4 Å². The zero-order valence-corrected chi connectivity index (χ0v) is 9.99. The van der Waals surface area contributed by atoms with E-state index in [1.807, 2.05) is 12.1 Å². The molecule has 0 unspecified atom stereocenters. The lowest BCUT2D eigenvalue weighted by Gasteiger charge is -2.12. The van der Waals surface area contributed by atoms with Gasteiger partial charge in [-0.05, 0) is 37.3 Å². The van der Waals surface area contributed by atoms with Crippen LogP contribution in [0.4, 0.5) is 0 Å². The van der Waals surface area contributed by atoms with Crippen LogP contribution in [0, 0.1) is 0 Å². The Balaban J connectivity index is 1.81. The van der Waals surface area contributed by atoms with Gasteiger partial charge >= 0.3 is 0 Å². The molecule has 92 valence electrons. The van der Waals surface area contributed by atoms with Crippen molar-refractivity contribution >= 4 is 0 Å². The minimum Gasteiger partial charge on any atom is -0.496 e. The number of hydrogen-bond acceptors (Lipinski definition) is 4. The predicted octanol–water partition coefficient (Wildman–Crippen LogP) is 1.85. The van der Waals surface area contributed by atoms with Crippen molar-refractivity contribution in [1.29, 1.82) is 0 Å². The maximum absolute atomic E-state index is 6.10. The fourth-order valence-corrected chi connectivity index (χ4v) is 2.14. The van der Waals surface area contributed by atoms with E-state index >= 15 is 0 Å². The topological polar surface area (TPSA) is 53.7 Å². The van der Waals surface area contributed by atoms with Crippen molar-refractivity contribution in [2.24, 2.45) is 5.73 Å². The summed E-state index contributed by atoms with van der Waals surface area (Å²) in [4.78, 5) is 0. The summed E-state index contributed by atoms with van der Waals surface area (Å²) in [6.07, 6.45) is 4.21. The molecule has 1 aromatic carbocycles. The van der Waals surface area contributed by atoms with Gasteiger partial charge in [0.1, 0.15) is 5.75 Å². The fraction of sp³-hybridized carbons (Fsp3) is 0.538. The third-order valence-electron chi connectivity index (χ3n) is 3.56. The average molecular weight is 235 g/mol. The summed E-state index contributed by atoms with van der Waals surface area (Å²) < 4.78 is 16.1. The molecule has 0 radical (unpaired) electrons. The van der Waals surface area contributed by atoms with Crippen LogP contribution in [0.1, 0.15) is 24.8 Å². The highest BCUT2D eigenvalue weighted by molar-refractivity contribution is 5.52. The number of hydrogen-bond donors (Lipinski definition) is 1. The molecule has 0 bridgehead atoms. The first kappa shape index (κ1) is 10.7. The van der Waals surface area contributed by atoms with Gasteiger partial charge in [-0.1, -0.05) is 0 Å². The van der Waals surface area contributed by atoms with Crippen molar-refractivity contribution < 1.29 is 14.2 Å². The number of nitrogens with two attached hydrogens (primary N) is 1. The highest BCUT2D eigenvalue weighted by Crippen LogP contribution is 2.41. The Morgan fingerprint density at radius 2 is 2.00 bits per heavy atom. The van der Waals surface area contributed by atoms with E-state index in [1.165, 1.54) is 0 Å². The lowest BCUT2D eigenvalue weighted by molar-refractivity contribution is 0.174. The Labute approximate surface area is 101 Å². The van der Waals surface area contributed by atoms with E-state index < -0.39 is 0 Å². The normalized spacial score (nSPS) is 19.2. The highest BCUT2D eigenvalue weighted by atomic mass is 16.7. The molecule has 1 aliphatic heterocycles. The minimum atomic E-state index is 0.0708. The van der Waals surface area contributed by atoms with Crippen LogP contribution in [0.15, 0.2) is 12.1 Å². The van der Waals surface area contributed by atoms with Gasteiger partial charge in [0.2, 0.25) is 6.79 Å². The number of rotatable bonds is 4. The highest BCUT2D eigenvalue weighted by Gasteiger charge is 2.37. The maximum Gasteiger partial charge on any atom is 0.231 e. The maximum atomic E-state index is 6.10. The smallest absolute Gasteiger partial charge is 0.231 e. The standard InChI is InChI=1S/C13H17NO3/c1-15-10-7-12-11(16-8-17-12)6-9(10)2-3-13(14)4-5-13/h6-7H,2-5,8,14H2,1H3. The Kier molecular flexibility index (Phi) is 2.40. The zero-order chi connectivity index (χ0) is 11.9. The number of fused-ring (bicyclic) bond motifs is 1. The summed E-state index contributed by atoms with van der Waals surface area (Å²) in [5, 5.41) is 0. The summed E-state index contributed by atoms with van der Waals surface area (Å²) in [7, 11) is 1.68. The molecule has 2 aliphatic rings. The quantitative estimate of drug-likeness (QED) is 0.865. The average Bonchev–Trinajstić information content (AvgIpc) is 2.91. The van der Waals surface area contributed by atoms with Crippen LogP contribution in [0.25, 0.3) is 0 Å². The van der Waals surface area contributed by atoms with Crippen molar-refractivity contribution in [1.82, 2.24) is 0 Å². The van der Waals surface area contributed by atoms with Gasteiger partial charge in [-0.2, -0.15) is 0 Å². The van der Waals surface area contributed by atoms with Gasteiger partial charge in [0.15, 0.2) is 11.5 Å². The largest absolute Gasteiger partial charge is 0.496 e. The second-order valence-electron chi connectivity index (χ2n) is 4.88. The first-order valence-corrected chi connectivity index (χ1v) is 5.96. The lowest BCUT2D eigenvalue weighted by atomic mass is 10.0. The Morgan fingerprint density at radius 1 is 1.29 bits per heavy atom. The van der Waals surface area contributed by atoms with E-state index in [2.05, 4.69) is 0 Å². The molecular weight excluding hydrogens is 218 g/mol. The molecule has 4 nitrogen and oxygen atoms in total.